The van der Waals surface area contributed by atoms with Gasteiger partial charge in [-0.3, -0.25) is 4.98 Å². The average Bonchev–Trinajstić information content (AvgIpc) is 3.68. The molecule has 1 aliphatic rings. The van der Waals surface area contributed by atoms with E-state index in [1.54, 1.807) is 31.6 Å². The number of aryl methyl sites for hydroxylation is 1. The second-order valence-corrected chi connectivity index (χ2v) is 12.5. The highest BCUT2D eigenvalue weighted by Crippen LogP contribution is 2.48. The molecule has 6 rings (SSSR count). The fourth-order valence-corrected chi connectivity index (χ4v) is 5.30. The zero-order valence-electron chi connectivity index (χ0n) is 25.2. The summed E-state index contributed by atoms with van der Waals surface area (Å²) in [6.45, 7) is 8.52. The minimum Gasteiger partial charge on any atom is -0.383 e. The second kappa shape index (κ2) is 11.4. The van der Waals surface area contributed by atoms with Crippen molar-refractivity contribution < 1.29 is 13.2 Å². The van der Waals surface area contributed by atoms with Crippen LogP contribution in [0.2, 0.25) is 0 Å². The Bertz CT molecular complexity index is 1910. The molecule has 0 amide bonds. The fourth-order valence-electron chi connectivity index (χ4n) is 5.30. The monoisotopic (exact) mass is 612 g/mol. The lowest BCUT2D eigenvalue weighted by Gasteiger charge is -2.23. The lowest BCUT2D eigenvalue weighted by Crippen LogP contribution is -2.26. The molecule has 0 saturated heterocycles. The number of nitrogens with one attached hydrogen (secondary N) is 2. The number of anilines is 2. The maximum atomic E-state index is 14.1. The number of rotatable bonds is 9. The predicted molar refractivity (Wildman–Crippen MR) is 163 cm³/mol. The first kappa shape index (κ1) is 29.9. The van der Waals surface area contributed by atoms with Crippen LogP contribution in [0.5, 0.6) is 0 Å². The number of benzene rings is 1. The second-order valence-electron chi connectivity index (χ2n) is 12.5. The van der Waals surface area contributed by atoms with Crippen molar-refractivity contribution in [2.45, 2.75) is 58.5 Å². The lowest BCUT2D eigenvalue weighted by atomic mass is 9.95. The Balaban J connectivity index is 1.53. The third-order valence-corrected chi connectivity index (χ3v) is 7.91. The summed E-state index contributed by atoms with van der Waals surface area (Å²) in [5, 5.41) is 26.0. The van der Waals surface area contributed by atoms with Gasteiger partial charge in [-0.1, -0.05) is 32.1 Å². The van der Waals surface area contributed by atoms with Crippen molar-refractivity contribution in [3.8, 4) is 17.2 Å². The number of alkyl halides is 2. The van der Waals surface area contributed by atoms with Crippen molar-refractivity contribution in [1.82, 2.24) is 34.9 Å². The summed E-state index contributed by atoms with van der Waals surface area (Å²) in [5.41, 5.74) is 3.49. The molecule has 2 N–H and O–H groups in total. The zero-order chi connectivity index (χ0) is 31.9. The van der Waals surface area contributed by atoms with Crippen molar-refractivity contribution in [2.75, 3.05) is 17.2 Å². The van der Waals surface area contributed by atoms with E-state index in [1.165, 1.54) is 23.3 Å². The van der Waals surface area contributed by atoms with Gasteiger partial charge in [0, 0.05) is 58.6 Å². The van der Waals surface area contributed by atoms with Crippen molar-refractivity contribution in [3.63, 3.8) is 0 Å². The minimum absolute atomic E-state index is 0.0878. The van der Waals surface area contributed by atoms with E-state index in [4.69, 9.17) is 0 Å². The van der Waals surface area contributed by atoms with Crippen molar-refractivity contribution in [2.24, 2.45) is 5.41 Å². The highest BCUT2D eigenvalue weighted by Gasteiger charge is 2.54. The molecule has 0 unspecified atom stereocenters. The summed E-state index contributed by atoms with van der Waals surface area (Å²) in [7, 11) is 0. The van der Waals surface area contributed by atoms with E-state index in [1.807, 2.05) is 12.1 Å². The molecule has 230 valence electrons. The molecule has 4 heterocycles. The van der Waals surface area contributed by atoms with Crippen LogP contribution in [-0.2, 0) is 5.54 Å². The molecule has 0 radical (unpaired) electrons. The largest absolute Gasteiger partial charge is 0.383 e. The van der Waals surface area contributed by atoms with Gasteiger partial charge in [0.05, 0.1) is 29.0 Å². The Hall–Kier alpha value is -5.12. The van der Waals surface area contributed by atoms with Crippen LogP contribution in [0.4, 0.5) is 24.5 Å². The first-order valence-electron chi connectivity index (χ1n) is 14.5. The molecular formula is C32H31F3N10. The molecule has 1 atom stereocenters. The summed E-state index contributed by atoms with van der Waals surface area (Å²) in [4.78, 5) is 17.0. The van der Waals surface area contributed by atoms with E-state index >= 15 is 0 Å². The third-order valence-electron chi connectivity index (χ3n) is 7.91. The van der Waals surface area contributed by atoms with Crippen LogP contribution in [0.3, 0.4) is 0 Å². The van der Waals surface area contributed by atoms with Crippen LogP contribution < -0.4 is 10.6 Å². The molecular weight excluding hydrogens is 581 g/mol. The predicted octanol–water partition coefficient (Wildman–Crippen LogP) is 6.41. The van der Waals surface area contributed by atoms with Gasteiger partial charge in [0.15, 0.2) is 0 Å². The van der Waals surface area contributed by atoms with E-state index in [9.17, 15) is 18.4 Å². The molecule has 1 aliphatic carbocycles. The summed E-state index contributed by atoms with van der Waals surface area (Å²) in [5.74, 6) is -0.643. The van der Waals surface area contributed by atoms with Gasteiger partial charge in [-0.15, -0.1) is 5.10 Å². The minimum atomic E-state index is -2.59. The summed E-state index contributed by atoms with van der Waals surface area (Å²) in [6, 6.07) is 8.08. The summed E-state index contributed by atoms with van der Waals surface area (Å²) in [6.07, 6.45) is 5.83. The number of hydrogen-bond acceptors (Lipinski definition) is 9. The smallest absolute Gasteiger partial charge is 0.263 e. The number of pyridine rings is 2. The van der Waals surface area contributed by atoms with Crippen LogP contribution in [-0.4, -0.2) is 47.9 Å². The molecule has 13 heteroatoms. The van der Waals surface area contributed by atoms with E-state index in [2.05, 4.69) is 67.7 Å². The van der Waals surface area contributed by atoms with E-state index in [0.29, 0.717) is 75.3 Å². The van der Waals surface area contributed by atoms with Crippen LogP contribution in [0.1, 0.15) is 62.2 Å². The molecule has 10 nitrogen and oxygen atoms in total. The van der Waals surface area contributed by atoms with E-state index < -0.39 is 24.0 Å². The number of nitriles is 1. The molecule has 0 bridgehead atoms. The van der Waals surface area contributed by atoms with Crippen LogP contribution in [0.15, 0.2) is 55.4 Å². The Labute approximate surface area is 257 Å². The van der Waals surface area contributed by atoms with Gasteiger partial charge in [0.25, 0.3) is 6.43 Å². The first-order chi connectivity index (χ1) is 21.5. The topological polar surface area (TPSA) is 130 Å². The van der Waals surface area contributed by atoms with Gasteiger partial charge >= 0.3 is 0 Å². The quantitative estimate of drug-likeness (QED) is 0.181. The standard InChI is InChI=1S/C32H31F3N10/c1-18-22(5-6-26(33)41-18)29(25-15-45(44-43-25)32(7-8-32)30(34)35)42-21-9-23(20-12-37-17-38-13-20)28-24(10-21)27(19(11-36)14-39-28)40-16-31(2,3)4/h5-6,9-10,12-15,17,29-30,42H,7-8,16H2,1-4H3,(H,39,40)/t29-/m0/s1. The molecule has 45 heavy (non-hydrogen) atoms. The fraction of sp³-hybridized carbons (Fsp3) is 0.344. The number of hydrogen-bond donors (Lipinski definition) is 2. The lowest BCUT2D eigenvalue weighted by molar-refractivity contribution is 0.0593. The van der Waals surface area contributed by atoms with Crippen molar-refractivity contribution >= 4 is 22.3 Å². The van der Waals surface area contributed by atoms with Crippen LogP contribution in [0, 0.1) is 29.6 Å². The molecule has 1 fully saturated rings. The molecule has 1 saturated carbocycles. The number of halogens is 3. The van der Waals surface area contributed by atoms with E-state index in [-0.39, 0.29) is 5.41 Å². The van der Waals surface area contributed by atoms with Crippen molar-refractivity contribution in [1.29, 1.82) is 5.26 Å². The molecule has 0 spiro atoms. The maximum absolute atomic E-state index is 14.1. The van der Waals surface area contributed by atoms with E-state index in [0.717, 1.165) is 0 Å². The Kier molecular flexibility index (Phi) is 7.60. The molecule has 0 aliphatic heterocycles. The molecule has 1 aromatic carbocycles. The average molecular weight is 613 g/mol. The number of aromatic nitrogens is 7. The highest BCUT2D eigenvalue weighted by atomic mass is 19.3. The van der Waals surface area contributed by atoms with Crippen molar-refractivity contribution in [3.05, 3.63) is 83.8 Å². The van der Waals surface area contributed by atoms with Gasteiger partial charge in [-0.05, 0) is 43.4 Å². The van der Waals surface area contributed by atoms with Crippen LogP contribution in [0.25, 0.3) is 22.0 Å². The zero-order valence-corrected chi connectivity index (χ0v) is 25.2. The Morgan fingerprint density at radius 2 is 1.87 bits per heavy atom. The maximum Gasteiger partial charge on any atom is 0.263 e. The van der Waals surface area contributed by atoms with Crippen LogP contribution >= 0.6 is 0 Å². The van der Waals surface area contributed by atoms with Gasteiger partial charge < -0.3 is 10.6 Å². The Morgan fingerprint density at radius 1 is 1.11 bits per heavy atom. The highest BCUT2D eigenvalue weighted by molar-refractivity contribution is 6.04. The SMILES string of the molecule is Cc1nc(F)ccc1[C@H](Nc1cc(-c2cncnc2)c2ncc(C#N)c(NCC(C)(C)C)c2c1)c1cn(C2(C(F)F)CC2)nn1. The molecule has 4 aromatic heterocycles. The van der Waals surface area contributed by atoms with Gasteiger partial charge in [-0.2, -0.15) is 9.65 Å². The summed E-state index contributed by atoms with van der Waals surface area (Å²) < 4.78 is 43.2. The Morgan fingerprint density at radius 3 is 2.51 bits per heavy atom. The van der Waals surface area contributed by atoms with Gasteiger partial charge in [0.1, 0.15) is 23.6 Å². The normalized spacial score (nSPS) is 14.7. The third kappa shape index (κ3) is 5.87. The molecule has 5 aromatic rings. The summed E-state index contributed by atoms with van der Waals surface area (Å²) >= 11 is 0. The first-order valence-corrected chi connectivity index (χ1v) is 14.5. The van der Waals surface area contributed by atoms with Gasteiger partial charge in [-0.25, -0.2) is 28.4 Å². The number of nitrogens with zero attached hydrogens (tertiary/aromatic N) is 8. The number of fused-ring (bicyclic) bond motifs is 1. The van der Waals surface area contributed by atoms with Gasteiger partial charge in [0.2, 0.25) is 5.95 Å².